The van der Waals surface area contributed by atoms with Gasteiger partial charge in [0, 0.05) is 6.21 Å². The van der Waals surface area contributed by atoms with Crippen LogP contribution in [0.5, 0.6) is 5.75 Å². The molecule has 3 rings (SSSR count). The maximum Gasteiger partial charge on any atom is 0.138 e. The van der Waals surface area contributed by atoms with Crippen LogP contribution in [0.4, 0.5) is 5.69 Å². The first kappa shape index (κ1) is 16.5. The number of halogens is 1. The molecule has 0 saturated carbocycles. The molecule has 0 aliphatic carbocycles. The summed E-state index contributed by atoms with van der Waals surface area (Å²) in [7, 11) is 0. The van der Waals surface area contributed by atoms with Gasteiger partial charge >= 0.3 is 0 Å². The Kier molecular flexibility index (Phi) is 5.17. The van der Waals surface area contributed by atoms with Crippen molar-refractivity contribution in [1.29, 1.82) is 0 Å². The van der Waals surface area contributed by atoms with E-state index in [9.17, 15) is 0 Å². The fourth-order valence-electron chi connectivity index (χ4n) is 2.40. The average molecular weight is 338 g/mol. The second kappa shape index (κ2) is 7.50. The topological polar surface area (TPSA) is 21.6 Å². The summed E-state index contributed by atoms with van der Waals surface area (Å²) in [5.41, 5.74) is 1.87. The molecule has 0 fully saturated rings. The van der Waals surface area contributed by atoms with Gasteiger partial charge in [-0.25, -0.2) is 0 Å². The number of hydrogen-bond donors (Lipinski definition) is 0. The highest BCUT2D eigenvalue weighted by Gasteiger charge is 2.06. The maximum atomic E-state index is 6.30. The van der Waals surface area contributed by atoms with Gasteiger partial charge in [0.15, 0.2) is 0 Å². The number of fused-ring (bicyclic) bond motifs is 1. The van der Waals surface area contributed by atoms with Crippen LogP contribution in [0.15, 0.2) is 65.7 Å². The SMILES string of the molecule is CC[C@H](C)Oc1ccc(C=Nc2ccc3ccccc3c2)cc1Cl. The molecule has 3 aromatic carbocycles. The molecule has 0 aromatic heterocycles. The third kappa shape index (κ3) is 3.95. The molecule has 24 heavy (non-hydrogen) atoms. The second-order valence-electron chi connectivity index (χ2n) is 5.82. The van der Waals surface area contributed by atoms with Crippen molar-refractivity contribution in [2.75, 3.05) is 0 Å². The van der Waals surface area contributed by atoms with Gasteiger partial charge in [-0.2, -0.15) is 0 Å². The zero-order valence-corrected chi connectivity index (χ0v) is 14.6. The van der Waals surface area contributed by atoms with Crippen LogP contribution >= 0.6 is 11.6 Å². The molecule has 0 heterocycles. The first-order chi connectivity index (χ1) is 11.7. The Morgan fingerprint density at radius 3 is 2.58 bits per heavy atom. The van der Waals surface area contributed by atoms with Gasteiger partial charge in [-0.1, -0.05) is 48.9 Å². The fraction of sp³-hybridized carbons (Fsp3) is 0.190. The summed E-state index contributed by atoms with van der Waals surface area (Å²) in [6.07, 6.45) is 2.92. The Morgan fingerprint density at radius 1 is 1.04 bits per heavy atom. The molecular formula is C21H20ClNO. The Hall–Kier alpha value is -2.32. The molecule has 3 aromatic rings. The summed E-state index contributed by atoms with van der Waals surface area (Å²) >= 11 is 6.30. The second-order valence-corrected chi connectivity index (χ2v) is 6.22. The summed E-state index contributed by atoms with van der Waals surface area (Å²) in [5, 5.41) is 3.01. The van der Waals surface area contributed by atoms with Crippen LogP contribution in [0.25, 0.3) is 10.8 Å². The summed E-state index contributed by atoms with van der Waals surface area (Å²) in [5.74, 6) is 0.717. The van der Waals surface area contributed by atoms with Crippen LogP contribution in [-0.2, 0) is 0 Å². The normalized spacial score (nSPS) is 12.6. The fourth-order valence-corrected chi connectivity index (χ4v) is 2.63. The van der Waals surface area contributed by atoms with Crippen molar-refractivity contribution in [3.8, 4) is 5.75 Å². The quantitative estimate of drug-likeness (QED) is 0.492. The number of nitrogens with zero attached hydrogens (tertiary/aromatic N) is 1. The molecule has 0 amide bonds. The molecule has 0 unspecified atom stereocenters. The third-order valence-electron chi connectivity index (χ3n) is 3.95. The lowest BCUT2D eigenvalue weighted by Gasteiger charge is -2.13. The Balaban J connectivity index is 1.79. The van der Waals surface area contributed by atoms with Gasteiger partial charge in [-0.3, -0.25) is 4.99 Å². The van der Waals surface area contributed by atoms with E-state index in [0.717, 1.165) is 17.7 Å². The number of rotatable bonds is 5. The van der Waals surface area contributed by atoms with E-state index in [-0.39, 0.29) is 6.10 Å². The van der Waals surface area contributed by atoms with Crippen molar-refractivity contribution in [1.82, 2.24) is 0 Å². The van der Waals surface area contributed by atoms with Gasteiger partial charge in [-0.15, -0.1) is 0 Å². The largest absolute Gasteiger partial charge is 0.489 e. The van der Waals surface area contributed by atoms with Crippen molar-refractivity contribution in [3.05, 3.63) is 71.2 Å². The van der Waals surface area contributed by atoms with Crippen LogP contribution in [0, 0.1) is 0 Å². The highest BCUT2D eigenvalue weighted by Crippen LogP contribution is 2.27. The van der Waals surface area contributed by atoms with Gasteiger partial charge in [0.1, 0.15) is 5.75 Å². The number of benzene rings is 3. The van der Waals surface area contributed by atoms with E-state index >= 15 is 0 Å². The van der Waals surface area contributed by atoms with Crippen molar-refractivity contribution in [2.45, 2.75) is 26.4 Å². The molecule has 0 saturated heterocycles. The van der Waals surface area contributed by atoms with E-state index < -0.39 is 0 Å². The first-order valence-corrected chi connectivity index (χ1v) is 8.52. The minimum absolute atomic E-state index is 0.152. The average Bonchev–Trinajstić information content (AvgIpc) is 2.61. The van der Waals surface area contributed by atoms with Gasteiger partial charge in [0.2, 0.25) is 0 Å². The molecule has 0 spiro atoms. The zero-order valence-electron chi connectivity index (χ0n) is 13.9. The van der Waals surface area contributed by atoms with Gasteiger partial charge in [0.05, 0.1) is 16.8 Å². The number of aliphatic imine (C=N–C) groups is 1. The van der Waals surface area contributed by atoms with Gasteiger partial charge in [0.25, 0.3) is 0 Å². The van der Waals surface area contributed by atoms with Crippen LogP contribution < -0.4 is 4.74 Å². The van der Waals surface area contributed by atoms with Crippen LogP contribution in [0.3, 0.4) is 0 Å². The van der Waals surface area contributed by atoms with Crippen molar-refractivity contribution in [3.63, 3.8) is 0 Å². The summed E-state index contributed by atoms with van der Waals surface area (Å²) in [6, 6.07) is 20.2. The van der Waals surface area contributed by atoms with E-state index in [2.05, 4.69) is 36.2 Å². The highest BCUT2D eigenvalue weighted by atomic mass is 35.5. The third-order valence-corrected chi connectivity index (χ3v) is 4.25. The first-order valence-electron chi connectivity index (χ1n) is 8.15. The predicted molar refractivity (Wildman–Crippen MR) is 103 cm³/mol. The standard InChI is InChI=1S/C21H20ClNO/c1-3-15(2)24-21-11-8-16(12-20(21)22)14-23-19-10-9-17-6-4-5-7-18(17)13-19/h4-15H,3H2,1-2H3/t15-/m0/s1. The molecule has 0 N–H and O–H groups in total. The summed E-state index contributed by atoms with van der Waals surface area (Å²) in [6.45, 7) is 4.12. The lowest BCUT2D eigenvalue weighted by Crippen LogP contribution is -2.09. The van der Waals surface area contributed by atoms with Crippen molar-refractivity contribution in [2.24, 2.45) is 4.99 Å². The number of ether oxygens (including phenoxy) is 1. The van der Waals surface area contributed by atoms with Gasteiger partial charge < -0.3 is 4.74 Å². The monoisotopic (exact) mass is 337 g/mol. The smallest absolute Gasteiger partial charge is 0.138 e. The van der Waals surface area contributed by atoms with Crippen molar-refractivity contribution >= 4 is 34.3 Å². The minimum atomic E-state index is 0.152. The van der Waals surface area contributed by atoms with Gasteiger partial charge in [-0.05, 0) is 60.0 Å². The minimum Gasteiger partial charge on any atom is -0.489 e. The van der Waals surface area contributed by atoms with E-state index in [1.807, 2.05) is 49.5 Å². The molecule has 0 aliphatic rings. The van der Waals surface area contributed by atoms with Crippen molar-refractivity contribution < 1.29 is 4.74 Å². The zero-order chi connectivity index (χ0) is 16.9. The van der Waals surface area contributed by atoms with E-state index in [1.54, 1.807) is 0 Å². The Morgan fingerprint density at radius 2 is 1.83 bits per heavy atom. The Bertz CT molecular complexity index is 873. The molecular weight excluding hydrogens is 318 g/mol. The molecule has 0 radical (unpaired) electrons. The van der Waals surface area contributed by atoms with E-state index in [0.29, 0.717) is 10.8 Å². The van der Waals surface area contributed by atoms with Crippen LogP contribution in [0.1, 0.15) is 25.8 Å². The van der Waals surface area contributed by atoms with E-state index in [1.165, 1.54) is 10.8 Å². The van der Waals surface area contributed by atoms with E-state index in [4.69, 9.17) is 16.3 Å². The lowest BCUT2D eigenvalue weighted by molar-refractivity contribution is 0.217. The molecule has 0 bridgehead atoms. The Labute approximate surface area is 147 Å². The number of hydrogen-bond acceptors (Lipinski definition) is 2. The molecule has 2 nitrogen and oxygen atoms in total. The van der Waals surface area contributed by atoms with Crippen LogP contribution in [-0.4, -0.2) is 12.3 Å². The summed E-state index contributed by atoms with van der Waals surface area (Å²) in [4.78, 5) is 4.55. The predicted octanol–water partition coefficient (Wildman–Crippen LogP) is 6.42. The molecule has 3 heteroatoms. The lowest BCUT2D eigenvalue weighted by atomic mass is 10.1. The molecule has 122 valence electrons. The van der Waals surface area contributed by atoms with Crippen LogP contribution in [0.2, 0.25) is 5.02 Å². The molecule has 1 atom stereocenters. The maximum absolute atomic E-state index is 6.30. The molecule has 0 aliphatic heterocycles. The highest BCUT2D eigenvalue weighted by molar-refractivity contribution is 6.32. The summed E-state index contributed by atoms with van der Waals surface area (Å²) < 4.78 is 5.78.